The van der Waals surface area contributed by atoms with E-state index in [1.165, 1.54) is 30.4 Å². The van der Waals surface area contributed by atoms with Crippen molar-refractivity contribution < 1.29 is 8.42 Å². The number of hydrogen-bond donors (Lipinski definition) is 3. The number of hydrogen-bond acceptors (Lipinski definition) is 6. The Morgan fingerprint density at radius 2 is 1.94 bits per heavy atom. The summed E-state index contributed by atoms with van der Waals surface area (Å²) < 4.78 is 29.5. The third-order valence-electron chi connectivity index (χ3n) is 10.6. The Kier molecular flexibility index (Phi) is 11.6. The molecule has 3 unspecified atom stereocenters. The van der Waals surface area contributed by atoms with E-state index in [0.717, 1.165) is 69.3 Å². The molecule has 1 aromatic carbocycles. The number of anilines is 1. The summed E-state index contributed by atoms with van der Waals surface area (Å²) in [6.07, 6.45) is 16.7. The van der Waals surface area contributed by atoms with E-state index in [1.807, 2.05) is 0 Å². The lowest BCUT2D eigenvalue weighted by Crippen LogP contribution is -2.37. The molecule has 0 amide bonds. The fourth-order valence-corrected chi connectivity index (χ4v) is 8.89. The maximum atomic E-state index is 13.4. The largest absolute Gasteiger partial charge is 0.383 e. The molecule has 258 valence electrons. The number of nitrogens with one attached hydrogen (secondary N) is 2. The van der Waals surface area contributed by atoms with Gasteiger partial charge in [0.25, 0.3) is 0 Å². The molecule has 7 nitrogen and oxygen atoms in total. The molecule has 0 radical (unpaired) electrons. The third-order valence-corrected chi connectivity index (χ3v) is 12.0. The average molecular weight is 662 g/mol. The number of aromatic nitrogens is 1. The monoisotopic (exact) mass is 661 g/mol. The Morgan fingerprint density at radius 3 is 2.66 bits per heavy atom. The van der Waals surface area contributed by atoms with Crippen LogP contribution in [0.5, 0.6) is 0 Å². The number of allylic oxidation sites excluding steroid dienone is 3. The lowest BCUT2D eigenvalue weighted by molar-refractivity contribution is 0.229. The maximum absolute atomic E-state index is 13.4. The molecular weight excluding hydrogens is 603 g/mol. The van der Waals surface area contributed by atoms with Crippen LogP contribution in [0, 0.1) is 23.2 Å². The van der Waals surface area contributed by atoms with E-state index in [1.54, 1.807) is 23.5 Å². The second kappa shape index (κ2) is 15.3. The van der Waals surface area contributed by atoms with Gasteiger partial charge in [-0.25, -0.2) is 18.1 Å². The molecule has 2 aromatic rings. The topological polar surface area (TPSA) is 100 Å². The number of pyridine rings is 1. The number of fused-ring (bicyclic) bond motifs is 1. The highest BCUT2D eigenvalue weighted by Gasteiger charge is 2.34. The minimum absolute atomic E-state index is 0.0268. The molecule has 2 aliphatic heterocycles. The number of nitrogens with zero attached hydrogens (tertiary/aromatic N) is 2. The maximum Gasteiger partial charge on any atom is 0.244 e. The minimum Gasteiger partial charge on any atom is -0.383 e. The number of sulfonamides is 1. The highest BCUT2D eigenvalue weighted by Crippen LogP contribution is 2.45. The molecule has 1 aromatic heterocycles. The van der Waals surface area contributed by atoms with E-state index >= 15 is 0 Å². The van der Waals surface area contributed by atoms with Gasteiger partial charge >= 0.3 is 0 Å². The smallest absolute Gasteiger partial charge is 0.244 e. The zero-order valence-corrected chi connectivity index (χ0v) is 30.6. The summed E-state index contributed by atoms with van der Waals surface area (Å²) in [5.74, 6) is 1.51. The number of rotatable bonds is 10. The Labute approximate surface area is 284 Å². The van der Waals surface area contributed by atoms with Crippen molar-refractivity contribution >= 4 is 15.8 Å². The molecule has 3 aliphatic rings. The van der Waals surface area contributed by atoms with Gasteiger partial charge in [0.1, 0.15) is 10.7 Å². The van der Waals surface area contributed by atoms with Gasteiger partial charge in [-0.05, 0) is 116 Å². The first kappa shape index (κ1) is 35.6. The molecule has 1 saturated carbocycles. The summed E-state index contributed by atoms with van der Waals surface area (Å²) in [7, 11) is -3.81. The molecule has 0 spiro atoms. The summed E-state index contributed by atoms with van der Waals surface area (Å²) in [6, 6.07) is 8.48. The zero-order chi connectivity index (χ0) is 33.8. The second-order valence-corrected chi connectivity index (χ2v) is 17.2. The van der Waals surface area contributed by atoms with Crippen LogP contribution in [0.15, 0.2) is 58.8 Å². The van der Waals surface area contributed by atoms with E-state index in [0.29, 0.717) is 29.7 Å². The van der Waals surface area contributed by atoms with Crippen LogP contribution >= 0.6 is 0 Å². The molecule has 8 heteroatoms. The number of aryl methyl sites for hydroxylation is 1. The van der Waals surface area contributed by atoms with Crippen molar-refractivity contribution in [1.82, 2.24) is 19.9 Å². The molecule has 2 fully saturated rings. The molecule has 3 atom stereocenters. The van der Waals surface area contributed by atoms with Crippen molar-refractivity contribution in [2.75, 3.05) is 25.4 Å². The van der Waals surface area contributed by atoms with Crippen molar-refractivity contribution in [2.45, 2.75) is 117 Å². The van der Waals surface area contributed by atoms with Crippen molar-refractivity contribution in [1.29, 1.82) is 0 Å². The van der Waals surface area contributed by atoms with Gasteiger partial charge in [-0.3, -0.25) is 0 Å². The van der Waals surface area contributed by atoms with Gasteiger partial charge in [0.05, 0.1) is 0 Å². The third kappa shape index (κ3) is 8.87. The van der Waals surface area contributed by atoms with Gasteiger partial charge in [-0.2, -0.15) is 0 Å². The minimum atomic E-state index is -3.81. The Morgan fingerprint density at radius 1 is 1.13 bits per heavy atom. The van der Waals surface area contributed by atoms with Crippen LogP contribution < -0.4 is 15.8 Å². The van der Waals surface area contributed by atoms with E-state index in [-0.39, 0.29) is 16.8 Å². The van der Waals surface area contributed by atoms with Crippen molar-refractivity contribution in [2.24, 2.45) is 23.2 Å². The predicted octanol–water partition coefficient (Wildman–Crippen LogP) is 7.84. The van der Waals surface area contributed by atoms with Crippen LogP contribution in [-0.4, -0.2) is 44.0 Å². The highest BCUT2D eigenvalue weighted by molar-refractivity contribution is 7.89. The van der Waals surface area contributed by atoms with Crippen LogP contribution in [0.25, 0.3) is 11.1 Å². The molecule has 3 heterocycles. The fraction of sp³-hybridized carbons (Fsp3) is 0.615. The summed E-state index contributed by atoms with van der Waals surface area (Å²) >= 11 is 0. The Hall–Kier alpha value is -2.68. The normalized spacial score (nSPS) is 23.9. The summed E-state index contributed by atoms with van der Waals surface area (Å²) in [4.78, 5) is 7.12. The van der Waals surface area contributed by atoms with Gasteiger partial charge < -0.3 is 16.0 Å². The number of nitrogen functional groups attached to an aromatic ring is 1. The summed E-state index contributed by atoms with van der Waals surface area (Å²) in [5.41, 5.74) is 14.1. The lowest BCUT2D eigenvalue weighted by atomic mass is 9.69. The van der Waals surface area contributed by atoms with E-state index in [4.69, 9.17) is 5.73 Å². The van der Waals surface area contributed by atoms with Gasteiger partial charge in [0.15, 0.2) is 0 Å². The SMILES string of the molecule is CCC(C=CC(C)C)C(=C1CC(C)(C)CCC1C)N1CCCCc2ccc(-c3cnc(N)c(S(=O)(=O)NCC4CCCN4)c3)cc2C1. The van der Waals surface area contributed by atoms with E-state index < -0.39 is 10.0 Å². The first-order valence-corrected chi connectivity index (χ1v) is 19.6. The Bertz CT molecular complexity index is 1550. The van der Waals surface area contributed by atoms with Crippen LogP contribution in [-0.2, 0) is 23.0 Å². The molecule has 47 heavy (non-hydrogen) atoms. The summed E-state index contributed by atoms with van der Waals surface area (Å²) in [6.45, 7) is 17.4. The van der Waals surface area contributed by atoms with Gasteiger partial charge in [-0.1, -0.05) is 65.8 Å². The van der Waals surface area contributed by atoms with Gasteiger partial charge in [0, 0.05) is 49.1 Å². The van der Waals surface area contributed by atoms with Crippen molar-refractivity contribution in [3.8, 4) is 11.1 Å². The van der Waals surface area contributed by atoms with E-state index in [2.05, 4.69) is 91.8 Å². The fourth-order valence-electron chi connectivity index (χ4n) is 7.71. The molecule has 0 bridgehead atoms. The first-order chi connectivity index (χ1) is 22.4. The van der Waals surface area contributed by atoms with Crippen LogP contribution in [0.4, 0.5) is 5.82 Å². The number of nitrogens with two attached hydrogens (primary N) is 1. The Balaban J connectivity index is 1.51. The molecule has 1 aliphatic carbocycles. The predicted molar refractivity (Wildman–Crippen MR) is 195 cm³/mol. The first-order valence-electron chi connectivity index (χ1n) is 18.1. The van der Waals surface area contributed by atoms with Crippen molar-refractivity contribution in [3.63, 3.8) is 0 Å². The molecule has 5 rings (SSSR count). The zero-order valence-electron chi connectivity index (χ0n) is 29.7. The standard InChI is InChI=1S/C39H59N5O2S/c1-7-29(14-13-27(2)3)37(35-23-39(5,6)18-17-28(35)4)44-20-9-8-11-30-15-16-31(21-33(30)26-44)32-22-36(38(40)42-24-32)47(45,46)43-25-34-12-10-19-41-34/h13-16,21-22,24,27-29,34,41,43H,7-12,17-20,23,25-26H2,1-6H3,(H2,40,42). The highest BCUT2D eigenvalue weighted by atomic mass is 32.2. The average Bonchev–Trinajstić information content (AvgIpc) is 3.54. The lowest BCUT2D eigenvalue weighted by Gasteiger charge is -2.42. The van der Waals surface area contributed by atoms with Crippen LogP contribution in [0.1, 0.15) is 104 Å². The second-order valence-electron chi connectivity index (χ2n) is 15.4. The van der Waals surface area contributed by atoms with Gasteiger partial charge in [-0.15, -0.1) is 0 Å². The number of benzene rings is 1. The van der Waals surface area contributed by atoms with E-state index in [9.17, 15) is 8.42 Å². The molecule has 4 N–H and O–H groups in total. The molecular formula is C39H59N5O2S. The van der Waals surface area contributed by atoms with Crippen LogP contribution in [0.3, 0.4) is 0 Å². The van der Waals surface area contributed by atoms with Crippen LogP contribution in [0.2, 0.25) is 0 Å². The van der Waals surface area contributed by atoms with Gasteiger partial charge in [0.2, 0.25) is 10.0 Å². The summed E-state index contributed by atoms with van der Waals surface area (Å²) in [5, 5.41) is 3.35. The quantitative estimate of drug-likeness (QED) is 0.225. The molecule has 1 saturated heterocycles. The van der Waals surface area contributed by atoms with Crippen molar-refractivity contribution in [3.05, 3.63) is 65.0 Å².